The molecule has 0 aliphatic carbocycles. The molecule has 0 aliphatic heterocycles. The summed E-state index contributed by atoms with van der Waals surface area (Å²) >= 11 is 0. The Labute approximate surface area is 338 Å². The van der Waals surface area contributed by atoms with E-state index in [9.17, 15) is 15.0 Å². The van der Waals surface area contributed by atoms with Gasteiger partial charge in [-0.2, -0.15) is 0 Å². The van der Waals surface area contributed by atoms with Crippen LogP contribution in [-0.4, -0.2) is 94.4 Å². The van der Waals surface area contributed by atoms with Gasteiger partial charge in [0.1, 0.15) is 17.1 Å². The summed E-state index contributed by atoms with van der Waals surface area (Å²) in [6.07, 6.45) is 12.9. The Morgan fingerprint density at radius 1 is 0.596 bits per heavy atom. The first-order chi connectivity index (χ1) is 27.3. The quantitative estimate of drug-likeness (QED) is 0.106. The van der Waals surface area contributed by atoms with Gasteiger partial charge < -0.3 is 29.6 Å². The van der Waals surface area contributed by atoms with Crippen LogP contribution in [0.15, 0.2) is 110 Å². The standard InChI is InChI=1S/C26H33N3O3.C22H26N2O/c1-26(2,3)32-25(31)29(14-6-13-28(4)5)18-19-7-8-21-16-27-17-24(23(21)15-19)20-9-11-22(30)12-10-20;1-24(2)13-5-3-4-6-17-7-8-19-15-23-16-22(21(19)14-17)18-9-11-20(25)12-10-18/h7-12,15-17,30H,6,13-14,18H2,1-5H3;7-12,14-16,25H,3-6,13H2,1-2H3. The predicted molar refractivity (Wildman–Crippen MR) is 234 cm³/mol. The van der Waals surface area contributed by atoms with Gasteiger partial charge in [-0.3, -0.25) is 9.97 Å². The molecule has 2 aromatic heterocycles. The molecule has 300 valence electrons. The van der Waals surface area contributed by atoms with Gasteiger partial charge in [-0.05, 0) is 151 Å². The number of ether oxygens (including phenoxy) is 1. The SMILES string of the molecule is CN(C)CCCCCc1ccc2cncc(-c3ccc(O)cc3)c2c1.CN(C)CCCN(Cc1ccc2cncc(-c3ccc(O)cc3)c2c1)C(=O)OC(C)(C)C. The summed E-state index contributed by atoms with van der Waals surface area (Å²) in [6.45, 7) is 8.80. The third-order valence-corrected chi connectivity index (χ3v) is 9.64. The number of fused-ring (bicyclic) bond motifs is 2. The summed E-state index contributed by atoms with van der Waals surface area (Å²) in [5.41, 5.74) is 6.03. The second-order valence-electron chi connectivity index (χ2n) is 16.3. The second kappa shape index (κ2) is 20.1. The second-order valence-corrected chi connectivity index (χ2v) is 16.3. The molecule has 0 bridgehead atoms. The molecule has 0 spiro atoms. The Hall–Kier alpha value is -5.51. The summed E-state index contributed by atoms with van der Waals surface area (Å²) in [5, 5.41) is 23.6. The molecule has 2 N–H and O–H groups in total. The summed E-state index contributed by atoms with van der Waals surface area (Å²) in [7, 11) is 8.31. The number of carbonyl (C=O) groups excluding carboxylic acids is 1. The fourth-order valence-electron chi connectivity index (χ4n) is 6.71. The minimum atomic E-state index is -0.544. The highest BCUT2D eigenvalue weighted by Gasteiger charge is 2.22. The Kier molecular flexibility index (Phi) is 15.0. The number of amides is 1. The van der Waals surface area contributed by atoms with Crippen molar-refractivity contribution in [1.29, 1.82) is 0 Å². The molecule has 1 amide bonds. The maximum Gasteiger partial charge on any atom is 0.410 e. The minimum Gasteiger partial charge on any atom is -0.508 e. The highest BCUT2D eigenvalue weighted by atomic mass is 16.6. The Morgan fingerprint density at radius 2 is 1.09 bits per heavy atom. The van der Waals surface area contributed by atoms with Crippen molar-refractivity contribution < 1.29 is 19.7 Å². The molecule has 0 atom stereocenters. The van der Waals surface area contributed by atoms with Crippen LogP contribution in [0.1, 0.15) is 57.6 Å². The van der Waals surface area contributed by atoms with Gasteiger partial charge in [0, 0.05) is 59.8 Å². The van der Waals surface area contributed by atoms with Crippen molar-refractivity contribution in [1.82, 2.24) is 24.7 Å². The Balaban J connectivity index is 0.000000224. The topological polar surface area (TPSA) is 102 Å². The minimum absolute atomic E-state index is 0.230. The number of aromatic nitrogens is 2. The molecule has 0 saturated carbocycles. The van der Waals surface area contributed by atoms with Crippen LogP contribution in [0.5, 0.6) is 11.5 Å². The molecular formula is C48H59N5O4. The number of unbranched alkanes of at least 4 members (excludes halogenated alkanes) is 2. The number of phenols is 2. The number of rotatable bonds is 14. The number of hydrogen-bond acceptors (Lipinski definition) is 8. The molecule has 0 unspecified atom stereocenters. The van der Waals surface area contributed by atoms with Crippen LogP contribution in [0, 0.1) is 0 Å². The van der Waals surface area contributed by atoms with Crippen molar-refractivity contribution >= 4 is 27.6 Å². The van der Waals surface area contributed by atoms with Crippen molar-refractivity contribution in [2.45, 2.75) is 65.0 Å². The zero-order valence-electron chi connectivity index (χ0n) is 34.7. The summed E-state index contributed by atoms with van der Waals surface area (Å²) in [4.78, 5) is 27.8. The van der Waals surface area contributed by atoms with Gasteiger partial charge in [0.25, 0.3) is 0 Å². The van der Waals surface area contributed by atoms with Gasteiger partial charge in [-0.25, -0.2) is 4.79 Å². The molecule has 6 rings (SSSR count). The van der Waals surface area contributed by atoms with Crippen molar-refractivity contribution in [2.24, 2.45) is 0 Å². The molecule has 4 aromatic carbocycles. The van der Waals surface area contributed by atoms with Crippen molar-refractivity contribution in [3.8, 4) is 33.8 Å². The first-order valence-electron chi connectivity index (χ1n) is 19.9. The Morgan fingerprint density at radius 3 is 1.60 bits per heavy atom. The Bertz CT molecular complexity index is 2200. The fraction of sp³-hybridized carbons (Fsp3) is 0.354. The van der Waals surface area contributed by atoms with E-state index in [0.717, 1.165) is 69.9 Å². The van der Waals surface area contributed by atoms with Crippen molar-refractivity contribution in [3.63, 3.8) is 0 Å². The van der Waals surface area contributed by atoms with E-state index >= 15 is 0 Å². The number of nitrogens with zero attached hydrogens (tertiary/aromatic N) is 5. The van der Waals surface area contributed by atoms with Crippen LogP contribution in [0.2, 0.25) is 0 Å². The van der Waals surface area contributed by atoms with E-state index in [2.05, 4.69) is 58.1 Å². The van der Waals surface area contributed by atoms with E-state index in [0.29, 0.717) is 13.1 Å². The molecule has 0 aliphatic rings. The molecule has 9 heteroatoms. The number of hydrogen-bond donors (Lipinski definition) is 2. The average molecular weight is 770 g/mol. The largest absolute Gasteiger partial charge is 0.508 e. The van der Waals surface area contributed by atoms with Crippen LogP contribution < -0.4 is 0 Å². The lowest BCUT2D eigenvalue weighted by molar-refractivity contribution is 0.0228. The van der Waals surface area contributed by atoms with E-state index in [1.54, 1.807) is 29.2 Å². The zero-order valence-corrected chi connectivity index (χ0v) is 34.7. The van der Waals surface area contributed by atoms with Crippen LogP contribution in [0.3, 0.4) is 0 Å². The zero-order chi connectivity index (χ0) is 41.0. The average Bonchev–Trinajstić information content (AvgIpc) is 3.17. The molecule has 0 radical (unpaired) electrons. The maximum absolute atomic E-state index is 12.9. The number of pyridine rings is 2. The van der Waals surface area contributed by atoms with E-state index < -0.39 is 5.60 Å². The molecule has 2 heterocycles. The van der Waals surface area contributed by atoms with E-state index in [4.69, 9.17) is 4.74 Å². The van der Waals surface area contributed by atoms with Crippen molar-refractivity contribution in [2.75, 3.05) is 47.8 Å². The molecule has 57 heavy (non-hydrogen) atoms. The molecular weight excluding hydrogens is 711 g/mol. The first kappa shape index (κ1) is 42.6. The smallest absolute Gasteiger partial charge is 0.410 e. The van der Waals surface area contributed by atoms with Crippen molar-refractivity contribution in [3.05, 3.63) is 121 Å². The van der Waals surface area contributed by atoms with E-state index in [1.807, 2.05) is 96.1 Å². The third-order valence-electron chi connectivity index (χ3n) is 9.64. The number of aromatic hydroxyl groups is 2. The lowest BCUT2D eigenvalue weighted by Gasteiger charge is -2.28. The van der Waals surface area contributed by atoms with E-state index in [1.165, 1.54) is 30.2 Å². The van der Waals surface area contributed by atoms with Crippen LogP contribution in [0.4, 0.5) is 4.79 Å². The molecule has 9 nitrogen and oxygen atoms in total. The molecule has 6 aromatic rings. The van der Waals surface area contributed by atoms with Gasteiger partial charge in [-0.15, -0.1) is 0 Å². The fourth-order valence-corrected chi connectivity index (χ4v) is 6.71. The summed E-state index contributed by atoms with van der Waals surface area (Å²) < 4.78 is 5.66. The van der Waals surface area contributed by atoms with Gasteiger partial charge in [0.05, 0.1) is 0 Å². The lowest BCUT2D eigenvalue weighted by Crippen LogP contribution is -2.37. The van der Waals surface area contributed by atoms with Gasteiger partial charge in [0.15, 0.2) is 0 Å². The van der Waals surface area contributed by atoms with Crippen LogP contribution in [0.25, 0.3) is 43.8 Å². The van der Waals surface area contributed by atoms with Gasteiger partial charge in [-0.1, -0.05) is 61.0 Å². The summed E-state index contributed by atoms with van der Waals surface area (Å²) in [5.74, 6) is 0.517. The molecule has 0 saturated heterocycles. The maximum atomic E-state index is 12.9. The normalized spacial score (nSPS) is 11.5. The highest BCUT2D eigenvalue weighted by Crippen LogP contribution is 2.31. The third kappa shape index (κ3) is 13.0. The van der Waals surface area contributed by atoms with Gasteiger partial charge in [0.2, 0.25) is 0 Å². The molecule has 0 fully saturated rings. The predicted octanol–water partition coefficient (Wildman–Crippen LogP) is 10.2. The lowest BCUT2D eigenvalue weighted by atomic mass is 9.97. The monoisotopic (exact) mass is 769 g/mol. The highest BCUT2D eigenvalue weighted by molar-refractivity contribution is 5.97. The summed E-state index contributed by atoms with van der Waals surface area (Å²) in [6, 6.07) is 27.3. The number of aryl methyl sites for hydroxylation is 1. The van der Waals surface area contributed by atoms with Crippen LogP contribution in [-0.2, 0) is 17.7 Å². The van der Waals surface area contributed by atoms with Gasteiger partial charge >= 0.3 is 6.09 Å². The van der Waals surface area contributed by atoms with E-state index in [-0.39, 0.29) is 17.6 Å². The van der Waals surface area contributed by atoms with Crippen LogP contribution >= 0.6 is 0 Å². The number of benzene rings is 4. The first-order valence-corrected chi connectivity index (χ1v) is 19.9. The number of carbonyl (C=O) groups is 1. The number of phenolic OH excluding ortho intramolecular Hbond substituents is 2.